The summed E-state index contributed by atoms with van der Waals surface area (Å²) in [6.45, 7) is 2.06. The molecule has 1 aliphatic rings. The number of amides is 1. The molecule has 4 nitrogen and oxygen atoms in total. The predicted octanol–water partition coefficient (Wildman–Crippen LogP) is 1.29. The highest BCUT2D eigenvalue weighted by molar-refractivity contribution is 5.95. The average Bonchev–Trinajstić information content (AvgIpc) is 2.60. The van der Waals surface area contributed by atoms with Gasteiger partial charge in [-0.2, -0.15) is 0 Å². The van der Waals surface area contributed by atoms with E-state index in [1.807, 2.05) is 12.1 Å². The van der Waals surface area contributed by atoms with Crippen LogP contribution in [0.15, 0.2) is 24.3 Å². The SMILES string of the molecule is CCC1CC(=O)N(c2cccc(N)c2)N1. The van der Waals surface area contributed by atoms with Crippen molar-refractivity contribution in [2.24, 2.45) is 0 Å². The number of hydrogen-bond donors (Lipinski definition) is 2. The minimum Gasteiger partial charge on any atom is -0.399 e. The molecule has 1 aromatic rings. The van der Waals surface area contributed by atoms with Crippen LogP contribution in [-0.2, 0) is 4.79 Å². The summed E-state index contributed by atoms with van der Waals surface area (Å²) in [5.74, 6) is 0.104. The third-order valence-corrected chi connectivity index (χ3v) is 2.60. The molecule has 1 amide bonds. The summed E-state index contributed by atoms with van der Waals surface area (Å²) >= 11 is 0. The first-order valence-corrected chi connectivity index (χ1v) is 5.15. The molecule has 1 atom stereocenters. The average molecular weight is 205 g/mol. The van der Waals surface area contributed by atoms with Crippen molar-refractivity contribution in [3.8, 4) is 0 Å². The number of nitrogen functional groups attached to an aromatic ring is 1. The Hall–Kier alpha value is -1.55. The number of nitrogens with two attached hydrogens (primary N) is 1. The zero-order valence-electron chi connectivity index (χ0n) is 8.73. The topological polar surface area (TPSA) is 58.4 Å². The van der Waals surface area contributed by atoms with E-state index in [2.05, 4.69) is 12.3 Å². The van der Waals surface area contributed by atoms with Gasteiger partial charge in [0.1, 0.15) is 0 Å². The quantitative estimate of drug-likeness (QED) is 0.715. The zero-order chi connectivity index (χ0) is 10.8. The highest BCUT2D eigenvalue weighted by atomic mass is 16.2. The third kappa shape index (κ3) is 1.94. The Morgan fingerprint density at radius 2 is 2.40 bits per heavy atom. The predicted molar refractivity (Wildman–Crippen MR) is 60.2 cm³/mol. The van der Waals surface area contributed by atoms with E-state index in [1.165, 1.54) is 0 Å². The number of hydrazine groups is 1. The summed E-state index contributed by atoms with van der Waals surface area (Å²) < 4.78 is 0. The van der Waals surface area contributed by atoms with Crippen LogP contribution in [0, 0.1) is 0 Å². The summed E-state index contributed by atoms with van der Waals surface area (Å²) in [5, 5.41) is 1.59. The van der Waals surface area contributed by atoms with E-state index in [0.29, 0.717) is 12.1 Å². The molecule has 0 aliphatic carbocycles. The van der Waals surface area contributed by atoms with E-state index in [1.54, 1.807) is 17.1 Å². The molecular weight excluding hydrogens is 190 g/mol. The summed E-state index contributed by atoms with van der Waals surface area (Å²) in [6, 6.07) is 7.57. The minimum absolute atomic E-state index is 0.104. The number of carbonyl (C=O) groups excluding carboxylic acids is 1. The maximum Gasteiger partial charge on any atom is 0.243 e. The van der Waals surface area contributed by atoms with Gasteiger partial charge in [-0.25, -0.2) is 10.4 Å². The Balaban J connectivity index is 2.21. The molecule has 1 saturated heterocycles. The van der Waals surface area contributed by atoms with Gasteiger partial charge in [0, 0.05) is 18.2 Å². The van der Waals surface area contributed by atoms with Gasteiger partial charge in [-0.15, -0.1) is 0 Å². The van der Waals surface area contributed by atoms with E-state index < -0.39 is 0 Å². The molecule has 0 aromatic heterocycles. The lowest BCUT2D eigenvalue weighted by Gasteiger charge is -2.17. The molecule has 2 rings (SSSR count). The fourth-order valence-corrected chi connectivity index (χ4v) is 1.72. The first kappa shape index (κ1) is 9.98. The first-order chi connectivity index (χ1) is 7.20. The van der Waals surface area contributed by atoms with E-state index in [4.69, 9.17) is 5.73 Å². The number of benzene rings is 1. The van der Waals surface area contributed by atoms with Crippen LogP contribution in [0.3, 0.4) is 0 Å². The van der Waals surface area contributed by atoms with E-state index >= 15 is 0 Å². The summed E-state index contributed by atoms with van der Waals surface area (Å²) in [6.07, 6.45) is 1.51. The molecule has 4 heteroatoms. The second-order valence-corrected chi connectivity index (χ2v) is 3.76. The molecule has 0 spiro atoms. The molecule has 80 valence electrons. The van der Waals surface area contributed by atoms with Crippen LogP contribution in [0.4, 0.5) is 11.4 Å². The largest absolute Gasteiger partial charge is 0.399 e. The molecule has 1 aromatic carbocycles. The summed E-state index contributed by atoms with van der Waals surface area (Å²) in [5.41, 5.74) is 10.3. The van der Waals surface area contributed by atoms with E-state index in [9.17, 15) is 4.79 Å². The number of nitrogens with zero attached hydrogens (tertiary/aromatic N) is 1. The standard InChI is InChI=1S/C11H15N3O/c1-2-9-7-11(15)14(13-9)10-5-3-4-8(12)6-10/h3-6,9,13H,2,7,12H2,1H3. The highest BCUT2D eigenvalue weighted by Gasteiger charge is 2.28. The van der Waals surface area contributed by atoms with Crippen LogP contribution in [0.25, 0.3) is 0 Å². The number of carbonyl (C=O) groups is 1. The van der Waals surface area contributed by atoms with Crippen LogP contribution in [-0.4, -0.2) is 11.9 Å². The van der Waals surface area contributed by atoms with Crippen LogP contribution >= 0.6 is 0 Å². The Morgan fingerprint density at radius 3 is 3.00 bits per heavy atom. The summed E-state index contributed by atoms with van der Waals surface area (Å²) in [7, 11) is 0. The molecule has 1 heterocycles. The Morgan fingerprint density at radius 1 is 1.60 bits per heavy atom. The molecular formula is C11H15N3O. The smallest absolute Gasteiger partial charge is 0.243 e. The summed E-state index contributed by atoms with van der Waals surface area (Å²) in [4.78, 5) is 11.7. The second kappa shape index (κ2) is 3.90. The van der Waals surface area contributed by atoms with Gasteiger partial charge in [0.2, 0.25) is 5.91 Å². The van der Waals surface area contributed by atoms with Gasteiger partial charge in [0.05, 0.1) is 5.69 Å². The van der Waals surface area contributed by atoms with Crippen molar-refractivity contribution in [3.63, 3.8) is 0 Å². The molecule has 0 radical (unpaired) electrons. The first-order valence-electron chi connectivity index (χ1n) is 5.15. The minimum atomic E-state index is 0.104. The Kier molecular flexibility index (Phi) is 2.60. The maximum absolute atomic E-state index is 11.7. The molecule has 15 heavy (non-hydrogen) atoms. The molecule has 1 fully saturated rings. The lowest BCUT2D eigenvalue weighted by molar-refractivity contribution is -0.117. The molecule has 1 aliphatic heterocycles. The second-order valence-electron chi connectivity index (χ2n) is 3.76. The maximum atomic E-state index is 11.7. The highest BCUT2D eigenvalue weighted by Crippen LogP contribution is 2.21. The Labute approximate surface area is 89.0 Å². The monoisotopic (exact) mass is 205 g/mol. The van der Waals surface area contributed by atoms with Crippen molar-refractivity contribution in [3.05, 3.63) is 24.3 Å². The van der Waals surface area contributed by atoms with Crippen LogP contribution in [0.1, 0.15) is 19.8 Å². The van der Waals surface area contributed by atoms with Gasteiger partial charge in [0.15, 0.2) is 0 Å². The van der Waals surface area contributed by atoms with Gasteiger partial charge in [-0.05, 0) is 24.6 Å². The van der Waals surface area contributed by atoms with Crippen molar-refractivity contribution in [1.29, 1.82) is 0 Å². The molecule has 3 N–H and O–H groups in total. The van der Waals surface area contributed by atoms with E-state index in [0.717, 1.165) is 12.1 Å². The fourth-order valence-electron chi connectivity index (χ4n) is 1.72. The van der Waals surface area contributed by atoms with Crippen molar-refractivity contribution in [2.45, 2.75) is 25.8 Å². The molecule has 1 unspecified atom stereocenters. The van der Waals surface area contributed by atoms with Gasteiger partial charge >= 0.3 is 0 Å². The molecule has 0 bridgehead atoms. The van der Waals surface area contributed by atoms with Gasteiger partial charge in [-0.1, -0.05) is 13.0 Å². The van der Waals surface area contributed by atoms with Gasteiger partial charge in [-0.3, -0.25) is 4.79 Å². The number of rotatable bonds is 2. The fraction of sp³-hybridized carbons (Fsp3) is 0.364. The van der Waals surface area contributed by atoms with E-state index in [-0.39, 0.29) is 11.9 Å². The van der Waals surface area contributed by atoms with Gasteiger partial charge in [0.25, 0.3) is 0 Å². The lowest BCUT2D eigenvalue weighted by atomic mass is 10.2. The van der Waals surface area contributed by atoms with Crippen LogP contribution in [0.2, 0.25) is 0 Å². The Bertz CT molecular complexity index is 378. The normalized spacial score (nSPS) is 21.0. The van der Waals surface area contributed by atoms with Crippen molar-refractivity contribution >= 4 is 17.3 Å². The number of anilines is 2. The van der Waals surface area contributed by atoms with Gasteiger partial charge < -0.3 is 5.73 Å². The number of hydrogen-bond acceptors (Lipinski definition) is 3. The number of nitrogens with one attached hydrogen (secondary N) is 1. The molecule has 0 saturated carbocycles. The van der Waals surface area contributed by atoms with Crippen molar-refractivity contribution < 1.29 is 4.79 Å². The van der Waals surface area contributed by atoms with Crippen LogP contribution < -0.4 is 16.2 Å². The third-order valence-electron chi connectivity index (χ3n) is 2.60. The van der Waals surface area contributed by atoms with Crippen LogP contribution in [0.5, 0.6) is 0 Å². The lowest BCUT2D eigenvalue weighted by Crippen LogP contribution is -2.37. The van der Waals surface area contributed by atoms with Crippen molar-refractivity contribution in [2.75, 3.05) is 10.7 Å². The van der Waals surface area contributed by atoms with Crippen molar-refractivity contribution in [1.82, 2.24) is 5.43 Å². The zero-order valence-corrected chi connectivity index (χ0v) is 8.73.